The summed E-state index contributed by atoms with van der Waals surface area (Å²) in [6.07, 6.45) is 0. The molecule has 2 amide bonds. The van der Waals surface area contributed by atoms with Crippen LogP contribution in [0.3, 0.4) is 0 Å². The summed E-state index contributed by atoms with van der Waals surface area (Å²) >= 11 is 7.13. The third-order valence-corrected chi connectivity index (χ3v) is 4.31. The van der Waals surface area contributed by atoms with E-state index in [4.69, 9.17) is 16.3 Å². The molecule has 0 bridgehead atoms. The van der Waals surface area contributed by atoms with E-state index in [0.29, 0.717) is 28.9 Å². The van der Waals surface area contributed by atoms with Crippen molar-refractivity contribution in [1.29, 1.82) is 0 Å². The summed E-state index contributed by atoms with van der Waals surface area (Å²) in [6, 6.07) is 6.52. The molecule has 2 aromatic rings. The molecule has 0 aliphatic rings. The first-order valence-corrected chi connectivity index (χ1v) is 8.62. The van der Waals surface area contributed by atoms with E-state index in [1.54, 1.807) is 41.7 Å². The number of methoxy groups -OCH3 is 2. The third kappa shape index (κ3) is 5.70. The first kappa shape index (κ1) is 19.2. The number of hydrogen-bond acceptors (Lipinski definition) is 6. The van der Waals surface area contributed by atoms with Gasteiger partial charge in [0.1, 0.15) is 5.01 Å². The SMILES string of the molecule is COCCN(Cc1nc(C(=O)OC)cs1)C(=O)Nc1ccc(Cl)cc1. The number of urea groups is 1. The Labute approximate surface area is 154 Å². The van der Waals surface area contributed by atoms with Crippen molar-refractivity contribution in [3.8, 4) is 0 Å². The largest absolute Gasteiger partial charge is 0.464 e. The molecule has 7 nitrogen and oxygen atoms in total. The summed E-state index contributed by atoms with van der Waals surface area (Å²) in [6.45, 7) is 1.01. The van der Waals surface area contributed by atoms with E-state index >= 15 is 0 Å². The van der Waals surface area contributed by atoms with Gasteiger partial charge >= 0.3 is 12.0 Å². The molecule has 0 fully saturated rings. The van der Waals surface area contributed by atoms with Gasteiger partial charge in [0.2, 0.25) is 0 Å². The lowest BCUT2D eigenvalue weighted by Crippen LogP contribution is -2.36. The zero-order valence-electron chi connectivity index (χ0n) is 13.8. The van der Waals surface area contributed by atoms with Crippen LogP contribution in [-0.4, -0.2) is 49.3 Å². The Morgan fingerprint density at radius 3 is 2.64 bits per heavy atom. The minimum Gasteiger partial charge on any atom is -0.464 e. The maximum atomic E-state index is 12.5. The number of amides is 2. The van der Waals surface area contributed by atoms with E-state index < -0.39 is 5.97 Å². The van der Waals surface area contributed by atoms with E-state index in [-0.39, 0.29) is 18.3 Å². The van der Waals surface area contributed by atoms with Crippen LogP contribution in [0.25, 0.3) is 0 Å². The Morgan fingerprint density at radius 2 is 2.00 bits per heavy atom. The summed E-state index contributed by atoms with van der Waals surface area (Å²) in [7, 11) is 2.86. The molecule has 1 aromatic heterocycles. The summed E-state index contributed by atoms with van der Waals surface area (Å²) in [5, 5.41) is 5.62. The molecule has 0 aliphatic carbocycles. The van der Waals surface area contributed by atoms with Crippen molar-refractivity contribution in [1.82, 2.24) is 9.88 Å². The number of aromatic nitrogens is 1. The van der Waals surface area contributed by atoms with Gasteiger partial charge in [-0.3, -0.25) is 0 Å². The number of carbonyl (C=O) groups is 2. The summed E-state index contributed by atoms with van der Waals surface area (Å²) in [5.41, 5.74) is 0.860. The summed E-state index contributed by atoms with van der Waals surface area (Å²) in [5.74, 6) is -0.503. The molecular formula is C16H18ClN3O4S. The zero-order valence-corrected chi connectivity index (χ0v) is 15.4. The molecule has 134 valence electrons. The van der Waals surface area contributed by atoms with Crippen molar-refractivity contribution in [3.63, 3.8) is 0 Å². The number of benzene rings is 1. The minimum atomic E-state index is -0.503. The van der Waals surface area contributed by atoms with Crippen molar-refractivity contribution in [2.24, 2.45) is 0 Å². The third-order valence-electron chi connectivity index (χ3n) is 3.22. The van der Waals surface area contributed by atoms with Crippen LogP contribution >= 0.6 is 22.9 Å². The number of thiazole rings is 1. The molecule has 25 heavy (non-hydrogen) atoms. The smallest absolute Gasteiger partial charge is 0.357 e. The molecule has 1 aromatic carbocycles. The van der Waals surface area contributed by atoms with Crippen LogP contribution in [0, 0.1) is 0 Å². The molecule has 1 N–H and O–H groups in total. The van der Waals surface area contributed by atoms with Crippen LogP contribution in [0.5, 0.6) is 0 Å². The Kier molecular flexibility index (Phi) is 7.17. The predicted octanol–water partition coefficient (Wildman–Crippen LogP) is 3.26. The number of carbonyl (C=O) groups excluding carboxylic acids is 2. The molecule has 0 radical (unpaired) electrons. The van der Waals surface area contributed by atoms with Gasteiger partial charge in [-0.2, -0.15) is 0 Å². The highest BCUT2D eigenvalue weighted by Crippen LogP contribution is 2.16. The van der Waals surface area contributed by atoms with Gasteiger partial charge in [-0.25, -0.2) is 14.6 Å². The van der Waals surface area contributed by atoms with Crippen molar-refractivity contribution in [2.75, 3.05) is 32.7 Å². The number of anilines is 1. The highest BCUT2D eigenvalue weighted by molar-refractivity contribution is 7.09. The number of nitrogens with one attached hydrogen (secondary N) is 1. The van der Waals surface area contributed by atoms with Gasteiger partial charge in [0, 0.05) is 29.7 Å². The molecule has 0 atom stereocenters. The number of hydrogen-bond donors (Lipinski definition) is 1. The van der Waals surface area contributed by atoms with Crippen LogP contribution in [0.1, 0.15) is 15.5 Å². The summed E-state index contributed by atoms with van der Waals surface area (Å²) < 4.78 is 9.69. The number of esters is 1. The van der Waals surface area contributed by atoms with E-state index in [1.807, 2.05) is 0 Å². The van der Waals surface area contributed by atoms with Crippen LogP contribution in [0.2, 0.25) is 5.02 Å². The number of rotatable bonds is 7. The highest BCUT2D eigenvalue weighted by atomic mass is 35.5. The molecule has 0 saturated heterocycles. The molecule has 0 spiro atoms. The van der Waals surface area contributed by atoms with Crippen molar-refractivity contribution < 1.29 is 19.1 Å². The lowest BCUT2D eigenvalue weighted by molar-refractivity contribution is 0.0594. The Morgan fingerprint density at radius 1 is 1.28 bits per heavy atom. The lowest BCUT2D eigenvalue weighted by atomic mass is 10.3. The molecule has 0 unspecified atom stereocenters. The normalized spacial score (nSPS) is 10.4. The molecule has 9 heteroatoms. The van der Waals surface area contributed by atoms with E-state index in [1.165, 1.54) is 18.4 Å². The second-order valence-corrected chi connectivity index (χ2v) is 6.35. The van der Waals surface area contributed by atoms with E-state index in [9.17, 15) is 9.59 Å². The van der Waals surface area contributed by atoms with Gasteiger partial charge in [0.25, 0.3) is 0 Å². The van der Waals surface area contributed by atoms with Crippen LogP contribution < -0.4 is 5.32 Å². The zero-order chi connectivity index (χ0) is 18.2. The van der Waals surface area contributed by atoms with Crippen LogP contribution in [0.15, 0.2) is 29.6 Å². The van der Waals surface area contributed by atoms with Gasteiger partial charge in [-0.15, -0.1) is 11.3 Å². The highest BCUT2D eigenvalue weighted by Gasteiger charge is 2.18. The fourth-order valence-corrected chi connectivity index (χ4v) is 2.84. The number of ether oxygens (including phenoxy) is 2. The van der Waals surface area contributed by atoms with Crippen LogP contribution in [0.4, 0.5) is 10.5 Å². The van der Waals surface area contributed by atoms with Crippen LogP contribution in [-0.2, 0) is 16.0 Å². The van der Waals surface area contributed by atoms with Crippen molar-refractivity contribution in [3.05, 3.63) is 45.4 Å². The van der Waals surface area contributed by atoms with E-state index in [0.717, 1.165) is 0 Å². The fraction of sp³-hybridized carbons (Fsp3) is 0.312. The van der Waals surface area contributed by atoms with Gasteiger partial charge in [-0.1, -0.05) is 11.6 Å². The monoisotopic (exact) mass is 383 g/mol. The second-order valence-electron chi connectivity index (χ2n) is 4.97. The van der Waals surface area contributed by atoms with Gasteiger partial charge in [0.05, 0.1) is 20.3 Å². The second kappa shape index (κ2) is 9.36. The number of nitrogens with zero attached hydrogens (tertiary/aromatic N) is 2. The molecule has 0 saturated carbocycles. The molecular weight excluding hydrogens is 366 g/mol. The minimum absolute atomic E-state index is 0.229. The average molecular weight is 384 g/mol. The van der Waals surface area contributed by atoms with Gasteiger partial charge in [-0.05, 0) is 24.3 Å². The Bertz CT molecular complexity index is 720. The molecule has 1 heterocycles. The predicted molar refractivity (Wildman–Crippen MR) is 96.2 cm³/mol. The topological polar surface area (TPSA) is 80.8 Å². The molecule has 2 rings (SSSR count). The first-order valence-electron chi connectivity index (χ1n) is 7.36. The maximum absolute atomic E-state index is 12.5. The summed E-state index contributed by atoms with van der Waals surface area (Å²) in [4.78, 5) is 29.7. The molecule has 0 aliphatic heterocycles. The Hall–Kier alpha value is -2.16. The number of halogens is 1. The Balaban J connectivity index is 2.06. The quantitative estimate of drug-likeness (QED) is 0.742. The van der Waals surface area contributed by atoms with Crippen molar-refractivity contribution >= 4 is 40.6 Å². The average Bonchev–Trinajstić information content (AvgIpc) is 3.08. The standard InChI is InChI=1S/C16H18ClN3O4S/c1-23-8-7-20(9-14-19-13(10-25-14)15(21)24-2)16(22)18-12-5-3-11(17)4-6-12/h3-6,10H,7-9H2,1-2H3,(H,18,22). The maximum Gasteiger partial charge on any atom is 0.357 e. The lowest BCUT2D eigenvalue weighted by Gasteiger charge is -2.21. The van der Waals surface area contributed by atoms with Crippen molar-refractivity contribution in [2.45, 2.75) is 6.54 Å². The van der Waals surface area contributed by atoms with Gasteiger partial charge < -0.3 is 19.7 Å². The van der Waals surface area contributed by atoms with Gasteiger partial charge in [0.15, 0.2) is 5.69 Å². The first-order chi connectivity index (χ1) is 12.0. The van der Waals surface area contributed by atoms with E-state index in [2.05, 4.69) is 15.0 Å². The fourth-order valence-electron chi connectivity index (χ4n) is 1.93.